The molecule has 0 spiro atoms. The predicted molar refractivity (Wildman–Crippen MR) is 76.3 cm³/mol. The Morgan fingerprint density at radius 2 is 1.81 bits per heavy atom. The van der Waals surface area contributed by atoms with E-state index in [1.165, 1.54) is 24.3 Å². The first kappa shape index (κ1) is 14.6. The van der Waals surface area contributed by atoms with Crippen molar-refractivity contribution in [1.82, 2.24) is 4.98 Å². The number of anilines is 2. The molecule has 7 heteroatoms. The first-order valence-electron chi connectivity index (χ1n) is 6.14. The standard InChI is InChI=1S/C14H14FN3O3/c1-7-3-4-9(15)6-10(7)17-14(21)18-11-5-8(2)16-12(11)13(19)20/h3-6,16H,1-2H3,(H,19,20)(H2,17,18,21). The lowest BCUT2D eigenvalue weighted by molar-refractivity contribution is 0.0692. The third-order valence-corrected chi connectivity index (χ3v) is 2.86. The monoisotopic (exact) mass is 291 g/mol. The molecular weight excluding hydrogens is 277 g/mol. The van der Waals surface area contributed by atoms with Gasteiger partial charge < -0.3 is 20.7 Å². The summed E-state index contributed by atoms with van der Waals surface area (Å²) in [6.07, 6.45) is 0. The van der Waals surface area contributed by atoms with Gasteiger partial charge in [-0.1, -0.05) is 6.07 Å². The highest BCUT2D eigenvalue weighted by molar-refractivity contribution is 6.04. The number of hydrogen-bond acceptors (Lipinski definition) is 2. The van der Waals surface area contributed by atoms with Crippen molar-refractivity contribution in [3.8, 4) is 0 Å². The van der Waals surface area contributed by atoms with E-state index >= 15 is 0 Å². The Balaban J connectivity index is 2.15. The predicted octanol–water partition coefficient (Wildman–Crippen LogP) is 3.11. The molecule has 6 nitrogen and oxygen atoms in total. The van der Waals surface area contributed by atoms with Crippen LogP contribution in [-0.2, 0) is 0 Å². The molecule has 0 fully saturated rings. The van der Waals surface area contributed by atoms with Crippen LogP contribution in [0.25, 0.3) is 0 Å². The number of aromatic nitrogens is 1. The van der Waals surface area contributed by atoms with Gasteiger partial charge in [0.2, 0.25) is 0 Å². The third-order valence-electron chi connectivity index (χ3n) is 2.86. The van der Waals surface area contributed by atoms with Crippen LogP contribution < -0.4 is 10.6 Å². The summed E-state index contributed by atoms with van der Waals surface area (Å²) in [7, 11) is 0. The minimum absolute atomic E-state index is 0.112. The fourth-order valence-electron chi connectivity index (χ4n) is 1.86. The van der Waals surface area contributed by atoms with Crippen LogP contribution in [0.1, 0.15) is 21.7 Å². The summed E-state index contributed by atoms with van der Waals surface area (Å²) < 4.78 is 13.1. The van der Waals surface area contributed by atoms with Crippen molar-refractivity contribution >= 4 is 23.4 Å². The lowest BCUT2D eigenvalue weighted by atomic mass is 10.2. The lowest BCUT2D eigenvalue weighted by Crippen LogP contribution is -2.21. The van der Waals surface area contributed by atoms with Gasteiger partial charge in [-0.15, -0.1) is 0 Å². The fraction of sp³-hybridized carbons (Fsp3) is 0.143. The Morgan fingerprint density at radius 3 is 2.48 bits per heavy atom. The molecule has 110 valence electrons. The molecule has 0 bridgehead atoms. The molecule has 1 aromatic carbocycles. The molecule has 0 unspecified atom stereocenters. The highest BCUT2D eigenvalue weighted by Crippen LogP contribution is 2.19. The number of carboxylic acid groups (broad SMARTS) is 1. The van der Waals surface area contributed by atoms with E-state index in [-0.39, 0.29) is 11.4 Å². The van der Waals surface area contributed by atoms with Gasteiger partial charge in [0.15, 0.2) is 0 Å². The molecule has 2 aromatic rings. The Hall–Kier alpha value is -2.83. The minimum atomic E-state index is -1.18. The number of urea groups is 1. The number of carbonyl (C=O) groups excluding carboxylic acids is 1. The van der Waals surface area contributed by atoms with Crippen LogP contribution in [0.3, 0.4) is 0 Å². The number of hydrogen-bond donors (Lipinski definition) is 4. The van der Waals surface area contributed by atoms with Crippen molar-refractivity contribution in [2.75, 3.05) is 10.6 Å². The molecule has 21 heavy (non-hydrogen) atoms. The fourth-order valence-corrected chi connectivity index (χ4v) is 1.86. The molecule has 1 aromatic heterocycles. The number of aryl methyl sites for hydroxylation is 2. The number of H-pyrrole nitrogens is 1. The highest BCUT2D eigenvalue weighted by atomic mass is 19.1. The van der Waals surface area contributed by atoms with Crippen LogP contribution in [-0.4, -0.2) is 22.1 Å². The van der Waals surface area contributed by atoms with Crippen LogP contribution >= 0.6 is 0 Å². The molecule has 0 saturated carbocycles. The van der Waals surface area contributed by atoms with E-state index in [2.05, 4.69) is 15.6 Å². The van der Waals surface area contributed by atoms with Gasteiger partial charge in [0.05, 0.1) is 5.69 Å². The maximum Gasteiger partial charge on any atom is 0.354 e. The zero-order valence-electron chi connectivity index (χ0n) is 11.5. The molecule has 0 atom stereocenters. The normalized spacial score (nSPS) is 10.2. The van der Waals surface area contributed by atoms with Crippen molar-refractivity contribution in [3.63, 3.8) is 0 Å². The van der Waals surface area contributed by atoms with Crippen molar-refractivity contribution in [2.24, 2.45) is 0 Å². The SMILES string of the molecule is Cc1cc(NC(=O)Nc2cc(F)ccc2C)c(C(=O)O)[nH]1. The van der Waals surface area contributed by atoms with E-state index in [1.54, 1.807) is 13.8 Å². The minimum Gasteiger partial charge on any atom is -0.477 e. The number of aromatic carboxylic acids is 1. The number of benzene rings is 1. The van der Waals surface area contributed by atoms with Crippen LogP contribution in [0.15, 0.2) is 24.3 Å². The number of carboxylic acids is 1. The number of aromatic amines is 1. The van der Waals surface area contributed by atoms with Crippen molar-refractivity contribution < 1.29 is 19.1 Å². The van der Waals surface area contributed by atoms with Gasteiger partial charge >= 0.3 is 12.0 Å². The van der Waals surface area contributed by atoms with Gasteiger partial charge in [-0.25, -0.2) is 14.0 Å². The maximum absolute atomic E-state index is 13.1. The summed E-state index contributed by atoms with van der Waals surface area (Å²) in [5.41, 5.74) is 1.64. The molecular formula is C14H14FN3O3. The van der Waals surface area contributed by atoms with E-state index < -0.39 is 17.8 Å². The quantitative estimate of drug-likeness (QED) is 0.699. The largest absolute Gasteiger partial charge is 0.477 e. The van der Waals surface area contributed by atoms with Gasteiger partial charge in [-0.05, 0) is 37.6 Å². The molecule has 1 heterocycles. The number of rotatable bonds is 3. The smallest absolute Gasteiger partial charge is 0.354 e. The van der Waals surface area contributed by atoms with Crippen LogP contribution in [0.2, 0.25) is 0 Å². The molecule has 0 aliphatic heterocycles. The van der Waals surface area contributed by atoms with Gasteiger partial charge in [-0.3, -0.25) is 0 Å². The van der Waals surface area contributed by atoms with Crippen LogP contribution in [0, 0.1) is 19.7 Å². The summed E-state index contributed by atoms with van der Waals surface area (Å²) in [6, 6.07) is 4.87. The van der Waals surface area contributed by atoms with Crippen LogP contribution in [0.5, 0.6) is 0 Å². The average molecular weight is 291 g/mol. The number of halogens is 1. The Labute approximate surface area is 120 Å². The van der Waals surface area contributed by atoms with Gasteiger partial charge in [0.25, 0.3) is 0 Å². The second kappa shape index (κ2) is 5.66. The van der Waals surface area contributed by atoms with E-state index in [9.17, 15) is 14.0 Å². The van der Waals surface area contributed by atoms with E-state index in [4.69, 9.17) is 5.11 Å². The molecule has 2 rings (SSSR count). The van der Waals surface area contributed by atoms with E-state index in [0.29, 0.717) is 16.9 Å². The van der Waals surface area contributed by atoms with E-state index in [0.717, 1.165) is 0 Å². The summed E-state index contributed by atoms with van der Waals surface area (Å²) in [4.78, 5) is 25.5. The number of carbonyl (C=O) groups is 2. The van der Waals surface area contributed by atoms with E-state index in [1.807, 2.05) is 0 Å². The van der Waals surface area contributed by atoms with Crippen LogP contribution in [0.4, 0.5) is 20.6 Å². The van der Waals surface area contributed by atoms with Crippen molar-refractivity contribution in [1.29, 1.82) is 0 Å². The number of amides is 2. The van der Waals surface area contributed by atoms with Crippen molar-refractivity contribution in [3.05, 3.63) is 47.0 Å². The number of nitrogens with one attached hydrogen (secondary N) is 3. The summed E-state index contributed by atoms with van der Waals surface area (Å²) in [5.74, 6) is -1.65. The van der Waals surface area contributed by atoms with Gasteiger partial charge in [-0.2, -0.15) is 0 Å². The Kier molecular flexibility index (Phi) is 3.93. The second-order valence-electron chi connectivity index (χ2n) is 4.58. The molecule has 0 radical (unpaired) electrons. The molecule has 0 aliphatic rings. The molecule has 2 amide bonds. The second-order valence-corrected chi connectivity index (χ2v) is 4.58. The first-order chi connectivity index (χ1) is 9.86. The zero-order chi connectivity index (χ0) is 15.6. The molecule has 0 aliphatic carbocycles. The Morgan fingerprint density at radius 1 is 1.14 bits per heavy atom. The third kappa shape index (κ3) is 3.38. The lowest BCUT2D eigenvalue weighted by Gasteiger charge is -2.09. The first-order valence-corrected chi connectivity index (χ1v) is 6.14. The van der Waals surface area contributed by atoms with Gasteiger partial charge in [0.1, 0.15) is 11.5 Å². The molecule has 4 N–H and O–H groups in total. The van der Waals surface area contributed by atoms with Gasteiger partial charge in [0, 0.05) is 11.4 Å². The highest BCUT2D eigenvalue weighted by Gasteiger charge is 2.15. The summed E-state index contributed by atoms with van der Waals surface area (Å²) in [5, 5.41) is 13.9. The average Bonchev–Trinajstić information content (AvgIpc) is 2.75. The van der Waals surface area contributed by atoms with Crippen molar-refractivity contribution in [2.45, 2.75) is 13.8 Å². The Bertz CT molecular complexity index is 709. The molecule has 0 saturated heterocycles. The zero-order valence-corrected chi connectivity index (χ0v) is 11.5. The topological polar surface area (TPSA) is 94.2 Å². The summed E-state index contributed by atoms with van der Waals surface area (Å²) in [6.45, 7) is 3.39. The summed E-state index contributed by atoms with van der Waals surface area (Å²) >= 11 is 0. The maximum atomic E-state index is 13.1.